The first-order valence-electron chi connectivity index (χ1n) is 6.37. The highest BCUT2D eigenvalue weighted by Gasteiger charge is 2.22. The zero-order valence-corrected chi connectivity index (χ0v) is 12.1. The number of thioether (sulfide) groups is 1. The van der Waals surface area contributed by atoms with Gasteiger partial charge in [0.25, 0.3) is 0 Å². The quantitative estimate of drug-likeness (QED) is 0.893. The fourth-order valence-electron chi connectivity index (χ4n) is 2.03. The molecule has 1 aromatic rings. The number of hydrogen-bond donors (Lipinski definition) is 1. The van der Waals surface area contributed by atoms with E-state index in [0.29, 0.717) is 23.9 Å². The van der Waals surface area contributed by atoms with E-state index in [4.69, 9.17) is 5.73 Å². The molecular formula is C12H21N5S. The second-order valence-electron chi connectivity index (χ2n) is 5.14. The monoisotopic (exact) mass is 267 g/mol. The highest BCUT2D eigenvalue weighted by molar-refractivity contribution is 7.99. The molecule has 0 aliphatic carbocycles. The molecule has 2 N–H and O–H groups in total. The Morgan fingerprint density at radius 2 is 2.17 bits per heavy atom. The fraction of sp³-hybridized carbons (Fsp3) is 0.750. The summed E-state index contributed by atoms with van der Waals surface area (Å²) in [4.78, 5) is 15.1. The second kappa shape index (κ2) is 5.73. The summed E-state index contributed by atoms with van der Waals surface area (Å²) in [6.45, 7) is 4.30. The Balaban J connectivity index is 2.18. The molecule has 0 saturated carbocycles. The number of anilines is 2. The Bertz CT molecular complexity index is 403. The molecule has 2 heterocycles. The lowest BCUT2D eigenvalue weighted by Gasteiger charge is -2.24. The van der Waals surface area contributed by atoms with Crippen molar-refractivity contribution in [2.45, 2.75) is 32.7 Å². The molecule has 0 aromatic carbocycles. The van der Waals surface area contributed by atoms with Gasteiger partial charge in [-0.15, -0.1) is 0 Å². The van der Waals surface area contributed by atoms with E-state index in [2.05, 4.69) is 33.7 Å². The smallest absolute Gasteiger partial charge is 0.230 e. The van der Waals surface area contributed by atoms with E-state index in [1.165, 1.54) is 12.2 Å². The van der Waals surface area contributed by atoms with E-state index < -0.39 is 0 Å². The molecule has 1 fully saturated rings. The van der Waals surface area contributed by atoms with Crippen LogP contribution in [-0.4, -0.2) is 39.5 Å². The Kier molecular flexibility index (Phi) is 4.27. The second-order valence-corrected chi connectivity index (χ2v) is 6.29. The van der Waals surface area contributed by atoms with Crippen LogP contribution >= 0.6 is 11.8 Å². The van der Waals surface area contributed by atoms with Gasteiger partial charge in [0.2, 0.25) is 11.9 Å². The Morgan fingerprint density at radius 3 is 2.78 bits per heavy atom. The van der Waals surface area contributed by atoms with Gasteiger partial charge in [-0.25, -0.2) is 0 Å². The summed E-state index contributed by atoms with van der Waals surface area (Å²) >= 11 is 1.98. The Hall–Kier alpha value is -1.04. The molecule has 1 aliphatic rings. The van der Waals surface area contributed by atoms with Gasteiger partial charge in [0.15, 0.2) is 0 Å². The average molecular weight is 267 g/mol. The molecule has 6 heteroatoms. The number of nitrogens with zero attached hydrogens (tertiary/aromatic N) is 4. The van der Waals surface area contributed by atoms with Crippen LogP contribution in [0.25, 0.3) is 0 Å². The summed E-state index contributed by atoms with van der Waals surface area (Å²) < 4.78 is 0. The van der Waals surface area contributed by atoms with Crippen molar-refractivity contribution >= 4 is 23.7 Å². The Labute approximate surface area is 113 Å². The molecule has 0 spiro atoms. The third-order valence-corrected chi connectivity index (χ3v) is 4.19. The first-order valence-corrected chi connectivity index (χ1v) is 7.52. The van der Waals surface area contributed by atoms with Gasteiger partial charge in [-0.3, -0.25) is 0 Å². The molecule has 1 unspecified atom stereocenters. The average Bonchev–Trinajstić information content (AvgIpc) is 2.79. The first kappa shape index (κ1) is 13.4. The minimum atomic E-state index is 0.327. The van der Waals surface area contributed by atoms with Crippen molar-refractivity contribution in [2.24, 2.45) is 5.92 Å². The first-order chi connectivity index (χ1) is 8.56. The van der Waals surface area contributed by atoms with Gasteiger partial charge in [-0.05, 0) is 18.1 Å². The van der Waals surface area contributed by atoms with Gasteiger partial charge in [-0.2, -0.15) is 26.7 Å². The minimum Gasteiger partial charge on any atom is -0.368 e. The van der Waals surface area contributed by atoms with Crippen LogP contribution in [0.2, 0.25) is 0 Å². The Morgan fingerprint density at radius 1 is 1.39 bits per heavy atom. The van der Waals surface area contributed by atoms with Crippen LogP contribution in [0, 0.1) is 5.92 Å². The normalized spacial score (nSPS) is 19.4. The lowest BCUT2D eigenvalue weighted by Crippen LogP contribution is -2.33. The maximum absolute atomic E-state index is 5.78. The van der Waals surface area contributed by atoms with Crippen molar-refractivity contribution in [1.29, 1.82) is 0 Å². The number of hydrogen-bond acceptors (Lipinski definition) is 6. The van der Waals surface area contributed by atoms with Crippen molar-refractivity contribution in [1.82, 2.24) is 15.0 Å². The van der Waals surface area contributed by atoms with E-state index in [0.717, 1.165) is 18.0 Å². The zero-order valence-electron chi connectivity index (χ0n) is 11.3. The van der Waals surface area contributed by atoms with Crippen LogP contribution in [0.3, 0.4) is 0 Å². The number of nitrogens with two attached hydrogens (primary N) is 1. The van der Waals surface area contributed by atoms with Crippen LogP contribution in [0.15, 0.2) is 0 Å². The summed E-state index contributed by atoms with van der Waals surface area (Å²) in [6.07, 6.45) is 2.03. The molecule has 1 atom stereocenters. The third kappa shape index (κ3) is 3.25. The third-order valence-electron chi connectivity index (χ3n) is 3.05. The SMILES string of the molecule is CC(C)Cc1nc(N)nc(N(C)C2CCSC2)n1. The van der Waals surface area contributed by atoms with E-state index in [9.17, 15) is 0 Å². The van der Waals surface area contributed by atoms with Gasteiger partial charge in [0, 0.05) is 25.3 Å². The van der Waals surface area contributed by atoms with E-state index >= 15 is 0 Å². The van der Waals surface area contributed by atoms with Crippen LogP contribution in [-0.2, 0) is 6.42 Å². The summed E-state index contributed by atoms with van der Waals surface area (Å²) in [5.41, 5.74) is 5.78. The zero-order chi connectivity index (χ0) is 13.1. The number of aromatic nitrogens is 3. The fourth-order valence-corrected chi connectivity index (χ4v) is 3.30. The topological polar surface area (TPSA) is 67.9 Å². The maximum atomic E-state index is 5.78. The van der Waals surface area contributed by atoms with E-state index in [1.807, 2.05) is 18.8 Å². The summed E-state index contributed by atoms with van der Waals surface area (Å²) in [5, 5.41) is 0. The van der Waals surface area contributed by atoms with E-state index in [-0.39, 0.29) is 0 Å². The van der Waals surface area contributed by atoms with Gasteiger partial charge in [0.05, 0.1) is 0 Å². The maximum Gasteiger partial charge on any atom is 0.230 e. The van der Waals surface area contributed by atoms with E-state index in [1.54, 1.807) is 0 Å². The predicted octanol–water partition coefficient (Wildman–Crippen LogP) is 1.59. The molecule has 5 nitrogen and oxygen atoms in total. The minimum absolute atomic E-state index is 0.327. The lowest BCUT2D eigenvalue weighted by molar-refractivity contribution is 0.612. The van der Waals surface area contributed by atoms with Crippen molar-refractivity contribution in [3.8, 4) is 0 Å². The van der Waals surface area contributed by atoms with Crippen molar-refractivity contribution in [3.63, 3.8) is 0 Å². The molecule has 1 saturated heterocycles. The van der Waals surface area contributed by atoms with Crippen LogP contribution < -0.4 is 10.6 Å². The standard InChI is InChI=1S/C12H21N5S/c1-8(2)6-10-14-11(13)16-12(15-10)17(3)9-4-5-18-7-9/h8-9H,4-7H2,1-3H3,(H2,13,14,15,16). The molecule has 18 heavy (non-hydrogen) atoms. The highest BCUT2D eigenvalue weighted by Crippen LogP contribution is 2.24. The molecule has 0 radical (unpaired) electrons. The molecule has 0 amide bonds. The van der Waals surface area contributed by atoms with Crippen molar-refractivity contribution < 1.29 is 0 Å². The van der Waals surface area contributed by atoms with Gasteiger partial charge < -0.3 is 10.6 Å². The molecule has 1 aliphatic heterocycles. The summed E-state index contributed by atoms with van der Waals surface area (Å²) in [6, 6.07) is 0.517. The lowest BCUT2D eigenvalue weighted by atomic mass is 10.1. The van der Waals surface area contributed by atoms with Crippen molar-refractivity contribution in [2.75, 3.05) is 29.2 Å². The summed E-state index contributed by atoms with van der Waals surface area (Å²) in [7, 11) is 2.05. The van der Waals surface area contributed by atoms with Crippen LogP contribution in [0.4, 0.5) is 11.9 Å². The highest BCUT2D eigenvalue weighted by atomic mass is 32.2. The van der Waals surface area contributed by atoms with Crippen LogP contribution in [0.1, 0.15) is 26.1 Å². The predicted molar refractivity (Wildman–Crippen MR) is 76.9 cm³/mol. The van der Waals surface area contributed by atoms with Crippen molar-refractivity contribution in [3.05, 3.63) is 5.82 Å². The number of rotatable bonds is 4. The molecule has 0 bridgehead atoms. The van der Waals surface area contributed by atoms with Gasteiger partial charge >= 0.3 is 0 Å². The largest absolute Gasteiger partial charge is 0.368 e. The summed E-state index contributed by atoms with van der Waals surface area (Å²) in [5.74, 6) is 4.71. The molecular weight excluding hydrogens is 246 g/mol. The van der Waals surface area contributed by atoms with Gasteiger partial charge in [0.1, 0.15) is 5.82 Å². The molecule has 1 aromatic heterocycles. The number of nitrogen functional groups attached to an aromatic ring is 1. The van der Waals surface area contributed by atoms with Gasteiger partial charge in [-0.1, -0.05) is 13.8 Å². The molecule has 100 valence electrons. The van der Waals surface area contributed by atoms with Crippen LogP contribution in [0.5, 0.6) is 0 Å². The molecule has 2 rings (SSSR count).